The molecule has 2 N–H and O–H groups in total. The van der Waals surface area contributed by atoms with E-state index in [2.05, 4.69) is 5.32 Å². The van der Waals surface area contributed by atoms with E-state index in [4.69, 9.17) is 24.4 Å². The van der Waals surface area contributed by atoms with Crippen LogP contribution in [0.4, 0.5) is 0 Å². The number of fused-ring (bicyclic) bond motifs is 1. The molecule has 1 aliphatic carbocycles. The van der Waals surface area contributed by atoms with E-state index >= 15 is 0 Å². The van der Waals surface area contributed by atoms with E-state index in [0.29, 0.717) is 17.7 Å². The largest absolute Gasteiger partial charge is 0.474 e. The molecule has 2 aromatic heterocycles. The van der Waals surface area contributed by atoms with Crippen LogP contribution in [0.3, 0.4) is 0 Å². The van der Waals surface area contributed by atoms with Crippen molar-refractivity contribution in [3.8, 4) is 5.88 Å². The number of nitrogens with one attached hydrogen (secondary N) is 1. The number of nitrogens with zero attached hydrogens (tertiary/aromatic N) is 3. The zero-order chi connectivity index (χ0) is 21.0. The SMILES string of the molecule is OC1CCC(c2cnc(OC3CCNCC3)c3cnc(CC4CCOCC4)nc23)CC1. The van der Waals surface area contributed by atoms with E-state index in [0.717, 1.165) is 101 Å². The van der Waals surface area contributed by atoms with E-state index in [1.54, 1.807) is 0 Å². The molecule has 168 valence electrons. The van der Waals surface area contributed by atoms with Crippen LogP contribution >= 0.6 is 0 Å². The molecule has 0 bridgehead atoms. The first-order valence-corrected chi connectivity index (χ1v) is 12.0. The van der Waals surface area contributed by atoms with Crippen molar-refractivity contribution < 1.29 is 14.6 Å². The quantitative estimate of drug-likeness (QED) is 0.759. The molecule has 3 aliphatic rings. The van der Waals surface area contributed by atoms with Crippen LogP contribution < -0.4 is 10.1 Å². The number of aromatic nitrogens is 3. The van der Waals surface area contributed by atoms with Gasteiger partial charge in [0.15, 0.2) is 0 Å². The molecule has 0 aromatic carbocycles. The second kappa shape index (κ2) is 9.76. The molecule has 2 saturated heterocycles. The summed E-state index contributed by atoms with van der Waals surface area (Å²) in [6.45, 7) is 3.64. The Morgan fingerprint density at radius 1 is 0.968 bits per heavy atom. The van der Waals surface area contributed by atoms with Crippen molar-refractivity contribution >= 4 is 10.9 Å². The molecule has 7 heteroatoms. The van der Waals surface area contributed by atoms with Gasteiger partial charge in [-0.2, -0.15) is 0 Å². The Labute approximate surface area is 184 Å². The maximum atomic E-state index is 9.96. The van der Waals surface area contributed by atoms with Gasteiger partial charge in [0.25, 0.3) is 0 Å². The molecule has 2 aromatic rings. The Balaban J connectivity index is 1.46. The number of hydrogen-bond donors (Lipinski definition) is 2. The lowest BCUT2D eigenvalue weighted by Gasteiger charge is -2.27. The number of rotatable bonds is 5. The lowest BCUT2D eigenvalue weighted by Crippen LogP contribution is -2.34. The molecular weight excluding hydrogens is 392 g/mol. The number of piperidine rings is 1. The van der Waals surface area contributed by atoms with Gasteiger partial charge in [0.2, 0.25) is 5.88 Å². The molecule has 7 nitrogen and oxygen atoms in total. The monoisotopic (exact) mass is 426 g/mol. The Morgan fingerprint density at radius 2 is 1.74 bits per heavy atom. The molecule has 0 radical (unpaired) electrons. The molecular formula is C24H34N4O3. The summed E-state index contributed by atoms with van der Waals surface area (Å²) < 4.78 is 11.8. The van der Waals surface area contributed by atoms with Crippen molar-refractivity contribution in [2.24, 2.45) is 5.92 Å². The van der Waals surface area contributed by atoms with Gasteiger partial charge in [0.1, 0.15) is 11.9 Å². The van der Waals surface area contributed by atoms with Crippen LogP contribution in [0.2, 0.25) is 0 Å². The molecule has 4 heterocycles. The van der Waals surface area contributed by atoms with Crippen LogP contribution in [0, 0.1) is 5.92 Å². The highest BCUT2D eigenvalue weighted by molar-refractivity contribution is 5.85. The predicted molar refractivity (Wildman–Crippen MR) is 118 cm³/mol. The van der Waals surface area contributed by atoms with Gasteiger partial charge in [-0.05, 0) is 76.3 Å². The summed E-state index contributed by atoms with van der Waals surface area (Å²) in [6.07, 6.45) is 12.6. The van der Waals surface area contributed by atoms with E-state index in [-0.39, 0.29) is 12.2 Å². The third-order valence-corrected chi connectivity index (χ3v) is 7.18. The summed E-state index contributed by atoms with van der Waals surface area (Å²) in [5, 5.41) is 14.3. The van der Waals surface area contributed by atoms with Crippen LogP contribution in [0.15, 0.2) is 12.4 Å². The summed E-state index contributed by atoms with van der Waals surface area (Å²) in [6, 6.07) is 0. The molecule has 1 saturated carbocycles. The van der Waals surface area contributed by atoms with E-state index < -0.39 is 0 Å². The summed E-state index contributed by atoms with van der Waals surface area (Å²) in [5.74, 6) is 2.55. The summed E-state index contributed by atoms with van der Waals surface area (Å²) >= 11 is 0. The van der Waals surface area contributed by atoms with Gasteiger partial charge < -0.3 is 19.9 Å². The summed E-state index contributed by atoms with van der Waals surface area (Å²) in [7, 11) is 0. The predicted octanol–water partition coefficient (Wildman–Crippen LogP) is 3.14. The van der Waals surface area contributed by atoms with Crippen molar-refractivity contribution in [1.82, 2.24) is 20.3 Å². The average molecular weight is 427 g/mol. The van der Waals surface area contributed by atoms with Crippen molar-refractivity contribution in [3.05, 3.63) is 23.8 Å². The standard InChI is InChI=1S/C24H34N4O3/c29-18-3-1-17(2-4-18)20-14-27-24(31-19-5-9-25-10-6-19)21-15-26-22(28-23(20)21)13-16-7-11-30-12-8-16/h14-19,25,29H,1-13H2. The first kappa shape index (κ1) is 21.0. The van der Waals surface area contributed by atoms with Crippen LogP contribution in [0.1, 0.15) is 68.7 Å². The Hall–Kier alpha value is -1.83. The van der Waals surface area contributed by atoms with Gasteiger partial charge in [-0.3, -0.25) is 0 Å². The fourth-order valence-electron chi connectivity index (χ4n) is 5.21. The number of aliphatic hydroxyl groups excluding tert-OH is 1. The highest BCUT2D eigenvalue weighted by atomic mass is 16.5. The van der Waals surface area contributed by atoms with Gasteiger partial charge in [-0.15, -0.1) is 0 Å². The smallest absolute Gasteiger partial charge is 0.224 e. The van der Waals surface area contributed by atoms with Gasteiger partial charge in [0.05, 0.1) is 17.0 Å². The zero-order valence-electron chi connectivity index (χ0n) is 18.3. The van der Waals surface area contributed by atoms with Gasteiger partial charge in [-0.1, -0.05) is 0 Å². The highest BCUT2D eigenvalue weighted by Crippen LogP contribution is 2.38. The van der Waals surface area contributed by atoms with E-state index in [1.165, 1.54) is 5.56 Å². The van der Waals surface area contributed by atoms with E-state index in [9.17, 15) is 5.11 Å². The van der Waals surface area contributed by atoms with Gasteiger partial charge >= 0.3 is 0 Å². The van der Waals surface area contributed by atoms with Crippen molar-refractivity contribution in [1.29, 1.82) is 0 Å². The molecule has 5 rings (SSSR count). The Morgan fingerprint density at radius 3 is 2.52 bits per heavy atom. The van der Waals surface area contributed by atoms with Crippen molar-refractivity contribution in [3.63, 3.8) is 0 Å². The van der Waals surface area contributed by atoms with Crippen molar-refractivity contribution in [2.45, 2.75) is 75.9 Å². The minimum atomic E-state index is -0.170. The number of hydrogen-bond acceptors (Lipinski definition) is 7. The summed E-state index contributed by atoms with van der Waals surface area (Å²) in [4.78, 5) is 14.5. The highest BCUT2D eigenvalue weighted by Gasteiger charge is 2.26. The van der Waals surface area contributed by atoms with Crippen LogP contribution in [0.25, 0.3) is 10.9 Å². The molecule has 2 aliphatic heterocycles. The average Bonchev–Trinajstić information content (AvgIpc) is 2.81. The van der Waals surface area contributed by atoms with Crippen LogP contribution in [0.5, 0.6) is 5.88 Å². The Bertz CT molecular complexity index is 872. The van der Waals surface area contributed by atoms with Crippen LogP contribution in [-0.2, 0) is 11.2 Å². The molecule has 3 fully saturated rings. The molecule has 0 atom stereocenters. The minimum Gasteiger partial charge on any atom is -0.474 e. The maximum Gasteiger partial charge on any atom is 0.224 e. The lowest BCUT2D eigenvalue weighted by molar-refractivity contribution is 0.0660. The van der Waals surface area contributed by atoms with E-state index in [1.807, 2.05) is 12.4 Å². The number of pyridine rings is 1. The third-order valence-electron chi connectivity index (χ3n) is 7.18. The van der Waals surface area contributed by atoms with Gasteiger partial charge in [-0.25, -0.2) is 15.0 Å². The maximum absolute atomic E-state index is 9.96. The lowest BCUT2D eigenvalue weighted by atomic mass is 9.82. The topological polar surface area (TPSA) is 89.4 Å². The molecule has 0 unspecified atom stereocenters. The fourth-order valence-corrected chi connectivity index (χ4v) is 5.21. The third kappa shape index (κ3) is 4.99. The number of aliphatic hydroxyl groups is 1. The second-order valence-electron chi connectivity index (χ2n) is 9.40. The number of ether oxygens (including phenoxy) is 2. The van der Waals surface area contributed by atoms with Gasteiger partial charge in [0, 0.05) is 37.6 Å². The molecule has 31 heavy (non-hydrogen) atoms. The Kier molecular flexibility index (Phi) is 6.62. The van der Waals surface area contributed by atoms with Crippen LogP contribution in [-0.4, -0.2) is 58.6 Å². The summed E-state index contributed by atoms with van der Waals surface area (Å²) in [5.41, 5.74) is 2.19. The zero-order valence-corrected chi connectivity index (χ0v) is 18.3. The molecule has 0 spiro atoms. The first-order chi connectivity index (χ1) is 15.3. The molecule has 0 amide bonds. The minimum absolute atomic E-state index is 0.170. The first-order valence-electron chi connectivity index (χ1n) is 12.0. The fraction of sp³-hybridized carbons (Fsp3) is 0.708. The van der Waals surface area contributed by atoms with Crippen molar-refractivity contribution in [2.75, 3.05) is 26.3 Å². The normalized spacial score (nSPS) is 26.2. The second-order valence-corrected chi connectivity index (χ2v) is 9.40.